The molecule has 0 radical (unpaired) electrons. The fourth-order valence-corrected chi connectivity index (χ4v) is 5.07. The van der Waals surface area contributed by atoms with Gasteiger partial charge in [0, 0.05) is 56.1 Å². The third-order valence-electron chi connectivity index (χ3n) is 4.82. The number of nitrogens with zero attached hydrogens (tertiary/aromatic N) is 3. The number of nitrogens with one attached hydrogen (secondary N) is 2. The average molecular weight is 319 g/mol. The fraction of sp³-hybridized carbons (Fsp3) is 0.533. The predicted octanol–water partition coefficient (Wildman–Crippen LogP) is 1.55. The van der Waals surface area contributed by atoms with Crippen molar-refractivity contribution in [3.63, 3.8) is 0 Å². The van der Waals surface area contributed by atoms with Gasteiger partial charge in [-0.15, -0.1) is 0 Å². The molecule has 6 nitrogen and oxygen atoms in total. The van der Waals surface area contributed by atoms with Gasteiger partial charge in [-0.1, -0.05) is 0 Å². The Balaban J connectivity index is 1.72. The minimum absolute atomic E-state index is 0.393. The number of piperazine rings is 1. The molecule has 2 N–H and O–H groups in total. The second-order valence-corrected chi connectivity index (χ2v) is 7.36. The summed E-state index contributed by atoms with van der Waals surface area (Å²) in [7, 11) is 1.02. The second-order valence-electron chi connectivity index (χ2n) is 6.09. The van der Waals surface area contributed by atoms with E-state index in [1.54, 1.807) is 6.26 Å². The molecule has 3 unspecified atom stereocenters. The van der Waals surface area contributed by atoms with E-state index in [2.05, 4.69) is 36.6 Å². The summed E-state index contributed by atoms with van der Waals surface area (Å²) in [6.07, 6.45) is 6.02. The number of hydrogen-bond donors (Lipinski definition) is 2. The lowest BCUT2D eigenvalue weighted by Crippen LogP contribution is -2.54. The monoisotopic (exact) mass is 319 g/mol. The van der Waals surface area contributed by atoms with Crippen LogP contribution in [0, 0.1) is 0 Å². The number of anilines is 2. The van der Waals surface area contributed by atoms with Gasteiger partial charge in [-0.3, -0.25) is 0 Å². The van der Waals surface area contributed by atoms with Gasteiger partial charge in [-0.2, -0.15) is 0 Å². The Morgan fingerprint density at radius 2 is 2.09 bits per heavy atom. The Hall–Kier alpha value is -1.60. The van der Waals surface area contributed by atoms with Crippen LogP contribution in [0.5, 0.6) is 0 Å². The molecule has 118 valence electrons. The molecule has 0 saturated carbocycles. The van der Waals surface area contributed by atoms with Crippen molar-refractivity contribution in [1.82, 2.24) is 14.3 Å². The van der Waals surface area contributed by atoms with Gasteiger partial charge in [-0.05, 0) is 18.9 Å². The van der Waals surface area contributed by atoms with Crippen LogP contribution in [0.1, 0.15) is 12.8 Å². The Kier molecular flexibility index (Phi) is 3.34. The lowest BCUT2D eigenvalue weighted by Gasteiger charge is -2.40. The molecule has 2 aromatic heterocycles. The van der Waals surface area contributed by atoms with Crippen molar-refractivity contribution in [2.75, 3.05) is 36.6 Å². The highest BCUT2D eigenvalue weighted by atomic mass is 32.2. The van der Waals surface area contributed by atoms with Crippen LogP contribution in [0.15, 0.2) is 18.3 Å². The van der Waals surface area contributed by atoms with Crippen molar-refractivity contribution in [3.8, 4) is 0 Å². The smallest absolute Gasteiger partial charge is 0.141 e. The average Bonchev–Trinajstić information content (AvgIpc) is 3.08. The highest BCUT2D eigenvalue weighted by Gasteiger charge is 2.42. The van der Waals surface area contributed by atoms with Crippen LogP contribution in [-0.2, 0) is 11.0 Å². The molecule has 2 fully saturated rings. The zero-order valence-corrected chi connectivity index (χ0v) is 13.7. The lowest BCUT2D eigenvalue weighted by molar-refractivity contribution is 0.303. The zero-order chi connectivity index (χ0) is 15.3. The van der Waals surface area contributed by atoms with E-state index in [4.69, 9.17) is 0 Å². The van der Waals surface area contributed by atoms with Crippen LogP contribution in [0.4, 0.5) is 11.5 Å². The van der Waals surface area contributed by atoms with Crippen LogP contribution in [-0.4, -0.2) is 57.0 Å². The summed E-state index contributed by atoms with van der Waals surface area (Å²) in [5.74, 6) is 0.874. The number of hydrogen-bond acceptors (Lipinski definition) is 4. The molecule has 4 heterocycles. The number of rotatable bonds is 3. The first-order chi connectivity index (χ1) is 10.7. The van der Waals surface area contributed by atoms with Crippen molar-refractivity contribution in [3.05, 3.63) is 18.3 Å². The maximum Gasteiger partial charge on any atom is 0.141 e. The number of fused-ring (bicyclic) bond motifs is 3. The Bertz CT molecular complexity index is 716. The van der Waals surface area contributed by atoms with E-state index in [0.717, 1.165) is 42.8 Å². The molecule has 2 aliphatic rings. The van der Waals surface area contributed by atoms with E-state index < -0.39 is 11.0 Å². The van der Waals surface area contributed by atoms with Gasteiger partial charge in [0.15, 0.2) is 0 Å². The highest BCUT2D eigenvalue weighted by Crippen LogP contribution is 2.36. The fourth-order valence-electron chi connectivity index (χ4n) is 3.89. The van der Waals surface area contributed by atoms with E-state index in [1.165, 1.54) is 5.69 Å². The number of H-pyrrole nitrogens is 1. The maximum absolute atomic E-state index is 12.0. The third-order valence-corrected chi connectivity index (χ3v) is 6.01. The van der Waals surface area contributed by atoms with Crippen LogP contribution in [0.3, 0.4) is 0 Å². The van der Waals surface area contributed by atoms with Gasteiger partial charge in [-0.25, -0.2) is 13.5 Å². The summed E-state index contributed by atoms with van der Waals surface area (Å²) in [6.45, 7) is 1.87. The SMILES string of the molecule is CNc1cc(N2CC3CCC(C2)N3S(C)=O)c2cc[nH]c2n1. The highest BCUT2D eigenvalue weighted by molar-refractivity contribution is 7.81. The summed E-state index contributed by atoms with van der Waals surface area (Å²) < 4.78 is 14.2. The maximum atomic E-state index is 12.0. The molecule has 0 aliphatic carbocycles. The van der Waals surface area contributed by atoms with Gasteiger partial charge >= 0.3 is 0 Å². The van der Waals surface area contributed by atoms with Crippen molar-refractivity contribution in [2.24, 2.45) is 0 Å². The van der Waals surface area contributed by atoms with E-state index in [1.807, 2.05) is 13.2 Å². The zero-order valence-electron chi connectivity index (χ0n) is 12.9. The Labute approximate surface area is 132 Å². The van der Waals surface area contributed by atoms with E-state index in [9.17, 15) is 4.21 Å². The second kappa shape index (κ2) is 5.24. The van der Waals surface area contributed by atoms with Gasteiger partial charge in [0.1, 0.15) is 11.5 Å². The number of aromatic amines is 1. The summed E-state index contributed by atoms with van der Waals surface area (Å²) >= 11 is 0. The van der Waals surface area contributed by atoms with Gasteiger partial charge < -0.3 is 15.2 Å². The molecule has 2 bridgehead atoms. The first kappa shape index (κ1) is 14.0. The molecular weight excluding hydrogens is 298 g/mol. The van der Waals surface area contributed by atoms with Crippen molar-refractivity contribution < 1.29 is 4.21 Å². The van der Waals surface area contributed by atoms with Crippen LogP contribution < -0.4 is 10.2 Å². The molecule has 0 spiro atoms. The van der Waals surface area contributed by atoms with Crippen LogP contribution >= 0.6 is 0 Å². The lowest BCUT2D eigenvalue weighted by atomic mass is 10.1. The summed E-state index contributed by atoms with van der Waals surface area (Å²) in [5, 5.41) is 4.29. The minimum atomic E-state index is -0.871. The van der Waals surface area contributed by atoms with E-state index >= 15 is 0 Å². The topological polar surface area (TPSA) is 64.3 Å². The first-order valence-corrected chi connectivity index (χ1v) is 9.21. The molecule has 2 aromatic rings. The predicted molar refractivity (Wildman–Crippen MR) is 90.6 cm³/mol. The number of aromatic nitrogens is 2. The van der Waals surface area contributed by atoms with Gasteiger partial charge in [0.2, 0.25) is 0 Å². The summed E-state index contributed by atoms with van der Waals surface area (Å²) in [5.41, 5.74) is 2.13. The molecule has 7 heteroatoms. The van der Waals surface area contributed by atoms with Crippen molar-refractivity contribution >= 4 is 33.5 Å². The summed E-state index contributed by atoms with van der Waals surface area (Å²) in [4.78, 5) is 10.2. The van der Waals surface area contributed by atoms with Crippen molar-refractivity contribution in [1.29, 1.82) is 0 Å². The van der Waals surface area contributed by atoms with Crippen LogP contribution in [0.25, 0.3) is 11.0 Å². The van der Waals surface area contributed by atoms with Crippen LogP contribution in [0.2, 0.25) is 0 Å². The molecule has 0 amide bonds. The molecule has 0 aromatic carbocycles. The summed E-state index contributed by atoms with van der Waals surface area (Å²) in [6, 6.07) is 4.99. The van der Waals surface area contributed by atoms with E-state index in [0.29, 0.717) is 12.1 Å². The molecule has 4 rings (SSSR count). The molecule has 2 aliphatic heterocycles. The number of pyridine rings is 1. The normalized spacial score (nSPS) is 26.5. The van der Waals surface area contributed by atoms with Gasteiger partial charge in [0.25, 0.3) is 0 Å². The molecule has 3 atom stereocenters. The standard InChI is InChI=1S/C15H21N5OS/c1-16-14-7-13(12-5-6-17-15(12)18-14)19-8-10-3-4-11(9-19)20(10)22(2)21/h5-7,10-11H,3-4,8-9H2,1-2H3,(H2,16,17,18). The largest absolute Gasteiger partial charge is 0.373 e. The quantitative estimate of drug-likeness (QED) is 0.901. The molecular formula is C15H21N5OS. The van der Waals surface area contributed by atoms with Gasteiger partial charge in [0.05, 0.1) is 16.7 Å². The van der Waals surface area contributed by atoms with E-state index in [-0.39, 0.29) is 0 Å². The molecule has 22 heavy (non-hydrogen) atoms. The Morgan fingerprint density at radius 3 is 2.73 bits per heavy atom. The minimum Gasteiger partial charge on any atom is -0.373 e. The Morgan fingerprint density at radius 1 is 1.36 bits per heavy atom. The molecule has 2 saturated heterocycles. The van der Waals surface area contributed by atoms with Crippen molar-refractivity contribution in [2.45, 2.75) is 24.9 Å². The third kappa shape index (κ3) is 2.11. The first-order valence-electron chi connectivity index (χ1n) is 7.70.